The minimum atomic E-state index is 1.16. The zero-order valence-corrected chi connectivity index (χ0v) is 4.81. The Balaban J connectivity index is 0. The Kier molecular flexibility index (Phi) is 25.6. The van der Waals surface area contributed by atoms with E-state index < -0.39 is 0 Å². The van der Waals surface area contributed by atoms with Gasteiger partial charge in [0.2, 0.25) is 0 Å². The van der Waals surface area contributed by atoms with Crippen LogP contribution in [0, 0.1) is 11.8 Å². The maximum Gasteiger partial charge on any atom is -0.0379 e. The second kappa shape index (κ2) is 18.8. The molecule has 0 N–H and O–H groups in total. The molecule has 0 rings (SSSR count). The molecule has 0 aromatic heterocycles. The first-order valence-corrected chi connectivity index (χ1v) is 2.25. The number of allylic oxidation sites excluding steroid dienone is 2. The molecule has 0 atom stereocenters. The SMILES string of the molecule is CC=CCC.[C-]#N. The average Bonchev–Trinajstić information content (AvgIpc) is 1.75. The van der Waals surface area contributed by atoms with Gasteiger partial charge >= 0.3 is 0 Å². The molecule has 0 aromatic rings. The molecule has 0 heterocycles. The van der Waals surface area contributed by atoms with Crippen molar-refractivity contribution in [2.75, 3.05) is 0 Å². The van der Waals surface area contributed by atoms with Gasteiger partial charge in [-0.25, -0.2) is 0 Å². The molecule has 0 aliphatic heterocycles. The van der Waals surface area contributed by atoms with Gasteiger partial charge < -0.3 is 11.8 Å². The van der Waals surface area contributed by atoms with E-state index in [-0.39, 0.29) is 0 Å². The minimum absolute atomic E-state index is 1.16. The summed E-state index contributed by atoms with van der Waals surface area (Å²) >= 11 is 0. The molecule has 1 heteroatoms. The highest BCUT2D eigenvalue weighted by atomic mass is 14.2. The van der Waals surface area contributed by atoms with E-state index in [0.29, 0.717) is 0 Å². The number of nitrogens with zero attached hydrogens (tertiary/aromatic N) is 1. The average molecular weight is 96.2 g/mol. The normalized spacial score (nSPS) is 7.43. The van der Waals surface area contributed by atoms with Gasteiger partial charge in [0.25, 0.3) is 0 Å². The van der Waals surface area contributed by atoms with Crippen LogP contribution < -0.4 is 0 Å². The minimum Gasteiger partial charge on any atom is -0.512 e. The zero-order chi connectivity index (χ0) is 6.12. The molecule has 0 saturated heterocycles. The number of hydrogen-bond acceptors (Lipinski definition) is 1. The summed E-state index contributed by atoms with van der Waals surface area (Å²) in [5.74, 6) is 0. The first-order chi connectivity index (χ1) is 3.41. The molecule has 0 amide bonds. The van der Waals surface area contributed by atoms with Crippen molar-refractivity contribution in [3.63, 3.8) is 0 Å². The predicted molar refractivity (Wildman–Crippen MR) is 30.1 cm³/mol. The van der Waals surface area contributed by atoms with Crippen LogP contribution in [0.3, 0.4) is 0 Å². The first-order valence-electron chi connectivity index (χ1n) is 2.25. The lowest BCUT2D eigenvalue weighted by Gasteiger charge is -1.65. The first kappa shape index (κ1) is 9.52. The van der Waals surface area contributed by atoms with Crippen LogP contribution in [0.4, 0.5) is 0 Å². The summed E-state index contributed by atoms with van der Waals surface area (Å²) < 4.78 is 0. The van der Waals surface area contributed by atoms with Crippen LogP contribution in [-0.2, 0) is 0 Å². The van der Waals surface area contributed by atoms with Gasteiger partial charge in [-0.3, -0.25) is 0 Å². The second-order valence-corrected chi connectivity index (χ2v) is 0.977. The number of hydrogen-bond donors (Lipinski definition) is 0. The number of rotatable bonds is 1. The van der Waals surface area contributed by atoms with Crippen molar-refractivity contribution in [2.24, 2.45) is 0 Å². The van der Waals surface area contributed by atoms with Crippen molar-refractivity contribution in [3.05, 3.63) is 18.7 Å². The second-order valence-electron chi connectivity index (χ2n) is 0.977. The Morgan fingerprint density at radius 1 is 1.57 bits per heavy atom. The van der Waals surface area contributed by atoms with Crippen LogP contribution in [0.1, 0.15) is 20.3 Å². The summed E-state index contributed by atoms with van der Waals surface area (Å²) in [6.07, 6.45) is 5.34. The van der Waals surface area contributed by atoms with Crippen molar-refractivity contribution in [1.29, 1.82) is 5.26 Å². The fourth-order valence-corrected chi connectivity index (χ4v) is 0.236. The summed E-state index contributed by atoms with van der Waals surface area (Å²) in [6, 6.07) is 0. The van der Waals surface area contributed by atoms with Gasteiger partial charge in [-0.05, 0) is 13.3 Å². The van der Waals surface area contributed by atoms with E-state index in [2.05, 4.69) is 19.1 Å². The fraction of sp³-hybridized carbons (Fsp3) is 0.500. The van der Waals surface area contributed by atoms with E-state index in [1.807, 2.05) is 6.92 Å². The highest BCUT2D eigenvalue weighted by Gasteiger charge is 1.52. The fourth-order valence-electron chi connectivity index (χ4n) is 0.236. The molecule has 0 saturated carbocycles. The van der Waals surface area contributed by atoms with Crippen molar-refractivity contribution in [2.45, 2.75) is 20.3 Å². The molecular weight excluding hydrogens is 86.1 g/mol. The Labute approximate surface area is 45.3 Å². The molecule has 0 aromatic carbocycles. The van der Waals surface area contributed by atoms with Crippen LogP contribution >= 0.6 is 0 Å². The van der Waals surface area contributed by atoms with E-state index in [9.17, 15) is 0 Å². The standard InChI is InChI=1S/C5H10.CN/c1-3-5-4-2;1-2/h3,5H,4H2,1-2H3;/q;-1. The smallest absolute Gasteiger partial charge is 0.0379 e. The molecular formula is C6H10N-. The van der Waals surface area contributed by atoms with E-state index in [4.69, 9.17) is 11.8 Å². The zero-order valence-electron chi connectivity index (χ0n) is 4.81. The lowest BCUT2D eigenvalue weighted by molar-refractivity contribution is 1.22. The Morgan fingerprint density at radius 2 is 2.00 bits per heavy atom. The van der Waals surface area contributed by atoms with Crippen molar-refractivity contribution >= 4 is 0 Å². The van der Waals surface area contributed by atoms with E-state index in [0.717, 1.165) is 6.42 Å². The Bertz CT molecular complexity index is 52.4. The van der Waals surface area contributed by atoms with Gasteiger partial charge in [-0.15, -0.1) is 0 Å². The summed E-state index contributed by atoms with van der Waals surface area (Å²) in [5.41, 5.74) is 0. The highest BCUT2D eigenvalue weighted by Crippen LogP contribution is 1.73. The summed E-state index contributed by atoms with van der Waals surface area (Å²) in [6.45, 7) is 8.91. The monoisotopic (exact) mass is 96.1 g/mol. The van der Waals surface area contributed by atoms with Gasteiger partial charge in [0.05, 0.1) is 0 Å². The molecule has 0 fully saturated rings. The maximum atomic E-state index is 6.25. The van der Waals surface area contributed by atoms with E-state index in [1.54, 1.807) is 0 Å². The lowest BCUT2D eigenvalue weighted by Crippen LogP contribution is -1.43. The summed E-state index contributed by atoms with van der Waals surface area (Å²) in [5, 5.41) is 6.25. The van der Waals surface area contributed by atoms with Gasteiger partial charge in [0.1, 0.15) is 0 Å². The van der Waals surface area contributed by atoms with Gasteiger partial charge in [0.15, 0.2) is 0 Å². The van der Waals surface area contributed by atoms with E-state index >= 15 is 0 Å². The largest absolute Gasteiger partial charge is 0.512 e. The Morgan fingerprint density at radius 3 is 2.00 bits per heavy atom. The van der Waals surface area contributed by atoms with Crippen LogP contribution in [-0.4, -0.2) is 0 Å². The summed E-state index contributed by atoms with van der Waals surface area (Å²) in [7, 11) is 0. The van der Waals surface area contributed by atoms with Crippen LogP contribution in [0.15, 0.2) is 12.2 Å². The molecule has 40 valence electrons. The van der Waals surface area contributed by atoms with Gasteiger partial charge in [-0.1, -0.05) is 19.1 Å². The van der Waals surface area contributed by atoms with Crippen molar-refractivity contribution in [1.82, 2.24) is 0 Å². The van der Waals surface area contributed by atoms with Crippen LogP contribution in [0.2, 0.25) is 0 Å². The predicted octanol–water partition coefficient (Wildman–Crippen LogP) is 2.07. The Hall–Kier alpha value is -0.770. The summed E-state index contributed by atoms with van der Waals surface area (Å²) in [4.78, 5) is 0. The maximum absolute atomic E-state index is 6.25. The third kappa shape index (κ3) is 36.1. The molecule has 0 unspecified atom stereocenters. The van der Waals surface area contributed by atoms with Gasteiger partial charge in [0, 0.05) is 0 Å². The van der Waals surface area contributed by atoms with Crippen molar-refractivity contribution in [3.8, 4) is 0 Å². The van der Waals surface area contributed by atoms with Crippen LogP contribution in [0.5, 0.6) is 0 Å². The molecule has 0 spiro atoms. The molecule has 0 aliphatic rings. The van der Waals surface area contributed by atoms with Crippen LogP contribution in [0.25, 0.3) is 0 Å². The molecule has 0 aliphatic carbocycles. The third-order valence-corrected chi connectivity index (χ3v) is 0.471. The van der Waals surface area contributed by atoms with Gasteiger partial charge in [-0.2, -0.15) is 0 Å². The molecule has 0 bridgehead atoms. The third-order valence-electron chi connectivity index (χ3n) is 0.471. The lowest BCUT2D eigenvalue weighted by atomic mass is 10.4. The molecule has 0 radical (unpaired) electrons. The molecule has 1 nitrogen and oxygen atoms in total. The topological polar surface area (TPSA) is 23.8 Å². The quantitative estimate of drug-likeness (QED) is 0.362. The molecule has 7 heavy (non-hydrogen) atoms. The van der Waals surface area contributed by atoms with Crippen molar-refractivity contribution < 1.29 is 0 Å². The highest BCUT2D eigenvalue weighted by molar-refractivity contribution is 4.73. The van der Waals surface area contributed by atoms with E-state index in [1.165, 1.54) is 0 Å².